The molecule has 0 atom stereocenters. The average molecular weight is 1230 g/mol. The molecule has 0 heterocycles. The summed E-state index contributed by atoms with van der Waals surface area (Å²) in [6.07, 6.45) is 5.78. The highest BCUT2D eigenvalue weighted by molar-refractivity contribution is 6.84. The summed E-state index contributed by atoms with van der Waals surface area (Å²) in [5, 5.41) is 45.7. The van der Waals surface area contributed by atoms with Crippen molar-refractivity contribution in [3.63, 3.8) is 0 Å². The lowest BCUT2D eigenvalue weighted by Gasteiger charge is -2.34. The summed E-state index contributed by atoms with van der Waals surface area (Å²) in [7, 11) is 1.25. The van der Waals surface area contributed by atoms with Crippen LogP contribution in [-0.2, 0) is 64.2 Å². The third-order valence-corrected chi connectivity index (χ3v) is 20.9. The van der Waals surface area contributed by atoms with Crippen LogP contribution in [-0.4, -0.2) is 114 Å². The smallest absolute Gasteiger partial charge is 0.338 e. The second-order valence-corrected chi connectivity index (χ2v) is 30.5. The van der Waals surface area contributed by atoms with Crippen molar-refractivity contribution in [3.8, 4) is 22.3 Å². The lowest BCUT2D eigenvalue weighted by Crippen LogP contribution is -2.44. The van der Waals surface area contributed by atoms with Crippen molar-refractivity contribution in [1.82, 2.24) is 10.8 Å². The quantitative estimate of drug-likeness (QED) is 0.00652. The van der Waals surface area contributed by atoms with Gasteiger partial charge in [0.2, 0.25) is 0 Å². The number of amides is 2. The molecule has 5 rings (SSSR count). The second-order valence-electron chi connectivity index (χ2n) is 21.6. The Morgan fingerprint density at radius 2 is 1.03 bits per heavy atom. The third kappa shape index (κ3) is 24.3. The highest BCUT2D eigenvalue weighted by Crippen LogP contribution is 2.30. The topological polar surface area (TPSA) is 296 Å². The zero-order valence-corrected chi connectivity index (χ0v) is 53.7. The number of esters is 2. The number of nitrogens with one attached hydrogen (secondary N) is 4. The number of carboxylic acid groups (broad SMARTS) is 2. The van der Waals surface area contributed by atoms with Crippen molar-refractivity contribution < 1.29 is 82.4 Å². The molecular weight excluding hydrogens is 1140 g/mol. The minimum atomic E-state index is -1.86. The molecule has 470 valence electrons. The van der Waals surface area contributed by atoms with Gasteiger partial charge in [0.05, 0.1) is 46.9 Å². The molecule has 5 aromatic rings. The number of rotatable bonds is 32. The standard InChI is InChI=1S/C31H35N3O10.C28H43NO7Si2.C4H10/c1-18(2)30(38)41-9-10-42-31(39)22-12-24(32-3)15-25(13-22)34-28(35)27-14-20(7-8-26(27)29(36)37)19-5-6-21(17-44-40)23(11-19)16-43-33-4;1-7-8-15-37(3,4)36-38(5,6)16-9-14-29-27(30)26-18-22(12-13-25(26)28(31)32)21-10-11-23(20-35-33)24(17-21)19-34-2;1-3-4-2/h5-8,11-15,18,32-33,40H,9-10,16-17H2,1-4H3,(H,34,35)(H,36,37);10-13,17-18,33H,7-9,14-16,19-20H2,1-6H3,(H,29,30)(H,31,32);3-4H2,1-2H3. The summed E-state index contributed by atoms with van der Waals surface area (Å²) in [6.45, 7) is 19.6. The average Bonchev–Trinajstić information content (AvgIpc) is 1.62. The Morgan fingerprint density at radius 3 is 1.51 bits per heavy atom. The molecule has 0 saturated heterocycles. The highest BCUT2D eigenvalue weighted by atomic mass is 28.4. The summed E-state index contributed by atoms with van der Waals surface area (Å²) in [6, 6.07) is 26.5. The van der Waals surface area contributed by atoms with Crippen LogP contribution < -0.4 is 21.4 Å². The van der Waals surface area contributed by atoms with Crippen molar-refractivity contribution in [2.45, 2.75) is 131 Å². The number of ether oxygens (including phenoxy) is 3. The normalized spacial score (nSPS) is 11.2. The molecule has 2 amide bonds. The van der Waals surface area contributed by atoms with Gasteiger partial charge in [-0.25, -0.2) is 29.6 Å². The minimum Gasteiger partial charge on any atom is -0.478 e. The van der Waals surface area contributed by atoms with Crippen LogP contribution in [0.15, 0.2) is 91.0 Å². The number of unbranched alkanes of at least 4 members (excludes halogenated alkanes) is 2. The third-order valence-electron chi connectivity index (χ3n) is 13.4. The molecule has 0 aliphatic carbocycles. The molecule has 0 unspecified atom stereocenters. The second kappa shape index (κ2) is 37.4. The number of anilines is 2. The number of benzene rings is 5. The fraction of sp³-hybridized carbons (Fsp3) is 0.429. The molecule has 21 nitrogen and oxygen atoms in total. The summed E-state index contributed by atoms with van der Waals surface area (Å²) >= 11 is 0. The van der Waals surface area contributed by atoms with Crippen molar-refractivity contribution in [2.75, 3.05) is 51.6 Å². The molecule has 0 aliphatic rings. The van der Waals surface area contributed by atoms with Crippen LogP contribution in [0.1, 0.15) is 141 Å². The Morgan fingerprint density at radius 1 is 0.547 bits per heavy atom. The van der Waals surface area contributed by atoms with Crippen molar-refractivity contribution in [2.24, 2.45) is 5.92 Å². The van der Waals surface area contributed by atoms with Crippen LogP contribution in [0.4, 0.5) is 11.4 Å². The zero-order valence-electron chi connectivity index (χ0n) is 51.7. The van der Waals surface area contributed by atoms with Crippen molar-refractivity contribution >= 4 is 63.7 Å². The first-order valence-corrected chi connectivity index (χ1v) is 34.9. The first-order valence-electron chi connectivity index (χ1n) is 28.7. The summed E-state index contributed by atoms with van der Waals surface area (Å²) in [5.74, 6) is -5.02. The molecule has 8 N–H and O–H groups in total. The maximum absolute atomic E-state index is 13.4. The van der Waals surface area contributed by atoms with Crippen LogP contribution in [0.3, 0.4) is 0 Å². The van der Waals surface area contributed by atoms with Gasteiger partial charge in [-0.05, 0) is 144 Å². The van der Waals surface area contributed by atoms with E-state index in [1.807, 2.05) is 18.2 Å². The SMILES string of the molecule is CCCC.CCCC[Si](C)(C)O[Si](C)(C)CCCNC(=O)c1cc(-c2ccc(COO)c(COC)c2)ccc1C(=O)O.CNOCc1cc(-c2ccc(C(=O)O)c(C(=O)Nc3cc(NC)cc(C(=O)OCCOC(=O)C(C)C)c3)c2)ccc1COO. The number of hydrogen-bond donors (Lipinski definition) is 8. The van der Waals surface area contributed by atoms with Crippen LogP contribution in [0.2, 0.25) is 38.3 Å². The Kier molecular flexibility index (Phi) is 31.8. The number of hydroxylamine groups is 1. The first kappa shape index (κ1) is 73.1. The molecule has 23 heteroatoms. The van der Waals surface area contributed by atoms with Gasteiger partial charge in [0, 0.05) is 39.1 Å². The largest absolute Gasteiger partial charge is 0.478 e. The van der Waals surface area contributed by atoms with Crippen molar-refractivity contribution in [3.05, 3.63) is 141 Å². The van der Waals surface area contributed by atoms with Gasteiger partial charge in [-0.3, -0.25) is 29.7 Å². The van der Waals surface area contributed by atoms with Gasteiger partial charge in [-0.1, -0.05) is 96.7 Å². The first-order chi connectivity index (χ1) is 40.9. The van der Waals surface area contributed by atoms with Gasteiger partial charge in [0.1, 0.15) is 26.4 Å². The molecule has 0 spiro atoms. The van der Waals surface area contributed by atoms with Gasteiger partial charge in [0.25, 0.3) is 11.8 Å². The van der Waals surface area contributed by atoms with E-state index in [1.165, 1.54) is 56.0 Å². The van der Waals surface area contributed by atoms with Gasteiger partial charge >= 0.3 is 23.9 Å². The van der Waals surface area contributed by atoms with E-state index in [-0.39, 0.29) is 72.5 Å². The highest BCUT2D eigenvalue weighted by Gasteiger charge is 2.32. The van der Waals surface area contributed by atoms with Crippen LogP contribution in [0.25, 0.3) is 22.3 Å². The van der Waals surface area contributed by atoms with E-state index in [1.54, 1.807) is 77.5 Å². The molecule has 0 radical (unpaired) electrons. The van der Waals surface area contributed by atoms with Gasteiger partial charge in [-0.15, -0.1) is 0 Å². The van der Waals surface area contributed by atoms with Gasteiger partial charge in [-0.2, -0.15) is 0 Å². The fourth-order valence-electron chi connectivity index (χ4n) is 8.75. The van der Waals surface area contributed by atoms with E-state index in [9.17, 15) is 39.0 Å². The van der Waals surface area contributed by atoms with E-state index in [2.05, 4.69) is 78.2 Å². The number of aromatic carboxylic acids is 2. The summed E-state index contributed by atoms with van der Waals surface area (Å²) in [4.78, 5) is 88.5. The molecule has 0 fully saturated rings. The Labute approximate surface area is 507 Å². The van der Waals surface area contributed by atoms with Gasteiger partial charge in [0.15, 0.2) is 16.6 Å². The predicted octanol–water partition coefficient (Wildman–Crippen LogP) is 12.7. The van der Waals surface area contributed by atoms with Crippen molar-refractivity contribution in [1.29, 1.82) is 0 Å². The van der Waals surface area contributed by atoms with E-state index in [4.69, 9.17) is 33.7 Å². The number of methoxy groups -OCH3 is 1. The number of hydrogen-bond acceptors (Lipinski definition) is 17. The molecule has 5 aromatic carbocycles. The molecule has 0 saturated carbocycles. The molecule has 0 bridgehead atoms. The van der Waals surface area contributed by atoms with Crippen LogP contribution in [0.5, 0.6) is 0 Å². The predicted molar refractivity (Wildman–Crippen MR) is 335 cm³/mol. The molecular formula is C63H88N4O17Si2. The van der Waals surface area contributed by atoms with Crippen LogP contribution >= 0.6 is 0 Å². The van der Waals surface area contributed by atoms with E-state index in [0.717, 1.165) is 35.2 Å². The maximum Gasteiger partial charge on any atom is 0.338 e. The zero-order chi connectivity index (χ0) is 64.0. The van der Waals surface area contributed by atoms with E-state index < -0.39 is 52.3 Å². The lowest BCUT2D eigenvalue weighted by molar-refractivity contribution is -0.253. The molecule has 0 aromatic heterocycles. The summed E-state index contributed by atoms with van der Waals surface area (Å²) < 4.78 is 22.1. The Hall–Kier alpha value is -7.17. The number of carbonyl (C=O) groups is 6. The Bertz CT molecular complexity index is 3020. The lowest BCUT2D eigenvalue weighted by atomic mass is 9.95. The summed E-state index contributed by atoms with van der Waals surface area (Å²) in [5.41, 5.74) is 8.78. The van der Waals surface area contributed by atoms with E-state index >= 15 is 0 Å². The number of carbonyl (C=O) groups excluding carboxylic acids is 4. The van der Waals surface area contributed by atoms with Crippen LogP contribution in [0, 0.1) is 5.92 Å². The maximum atomic E-state index is 13.4. The number of carboxylic acids is 2. The molecule has 86 heavy (non-hydrogen) atoms. The molecule has 0 aliphatic heterocycles. The monoisotopic (exact) mass is 1230 g/mol. The fourth-order valence-corrected chi connectivity index (χ4v) is 17.8. The van der Waals surface area contributed by atoms with E-state index in [0.29, 0.717) is 46.7 Å². The minimum absolute atomic E-state index is 0.0215. The van der Waals surface area contributed by atoms with Gasteiger partial charge < -0.3 is 44.5 Å². The Balaban J connectivity index is 0.000000428.